The van der Waals surface area contributed by atoms with Crippen LogP contribution in [-0.2, 0) is 20.1 Å². The highest BCUT2D eigenvalue weighted by Gasteiger charge is 2.36. The third-order valence-electron chi connectivity index (χ3n) is 13.6. The Morgan fingerprint density at radius 1 is 1.00 bits per heavy atom. The van der Waals surface area contributed by atoms with E-state index >= 15 is 0 Å². The van der Waals surface area contributed by atoms with Crippen molar-refractivity contribution in [3.05, 3.63) is 112 Å². The number of aromatic nitrogens is 1. The number of halogens is 1. The molecule has 3 aliphatic heterocycles. The molecule has 4 aromatic carbocycles. The van der Waals surface area contributed by atoms with E-state index in [-0.39, 0.29) is 58.0 Å². The number of carbonyl (C=O) groups is 5. The molecular formula is C53H57ClN6O8S2. The molecular weight excluding hydrogens is 948 g/mol. The summed E-state index contributed by atoms with van der Waals surface area (Å²) >= 11 is 9.50. The monoisotopic (exact) mass is 1000 g/mol. The van der Waals surface area contributed by atoms with Crippen LogP contribution in [-0.4, -0.2) is 108 Å². The maximum atomic E-state index is 12.8. The van der Waals surface area contributed by atoms with Crippen molar-refractivity contribution in [2.75, 3.05) is 55.5 Å². The molecule has 0 bridgehead atoms. The number of ether oxygens (including phenoxy) is 1. The second-order valence-corrected chi connectivity index (χ2v) is 20.8. The van der Waals surface area contributed by atoms with Crippen molar-refractivity contribution in [1.82, 2.24) is 14.6 Å². The number of carboxylic acids is 1. The Hall–Kier alpha value is -6.04. The number of anilines is 3. The summed E-state index contributed by atoms with van der Waals surface area (Å²) in [5, 5.41) is 27.2. The van der Waals surface area contributed by atoms with Gasteiger partial charge in [-0.15, -0.1) is 11.3 Å². The van der Waals surface area contributed by atoms with Gasteiger partial charge in [0.15, 0.2) is 23.2 Å². The molecule has 2 atom stereocenters. The molecule has 3 fully saturated rings. The van der Waals surface area contributed by atoms with Crippen LogP contribution in [0.25, 0.3) is 32.0 Å². The maximum absolute atomic E-state index is 12.8. The smallest absolute Gasteiger partial charge is 0.349 e. The van der Waals surface area contributed by atoms with Crippen molar-refractivity contribution in [2.24, 2.45) is 0 Å². The highest BCUT2D eigenvalue weighted by atomic mass is 35.5. The number of likely N-dealkylation sites (N-methyl/N-ethyl adjacent to an activating group) is 1. The lowest BCUT2D eigenvalue weighted by Gasteiger charge is -2.45. The van der Waals surface area contributed by atoms with Gasteiger partial charge in [0, 0.05) is 91.5 Å². The number of nitrogens with one attached hydrogen (secondary N) is 2. The Bertz CT molecular complexity index is 2940. The van der Waals surface area contributed by atoms with E-state index in [2.05, 4.69) is 70.1 Å². The number of fused-ring (bicyclic) bond motifs is 2. The van der Waals surface area contributed by atoms with Crippen molar-refractivity contribution >= 4 is 104 Å². The molecule has 4 N–H and O–H groups in total. The van der Waals surface area contributed by atoms with Gasteiger partial charge in [0.1, 0.15) is 23.5 Å². The van der Waals surface area contributed by atoms with Gasteiger partial charge < -0.3 is 30.1 Å². The van der Waals surface area contributed by atoms with Gasteiger partial charge in [0.2, 0.25) is 11.8 Å². The number of amides is 2. The molecule has 0 radical (unpaired) electrons. The molecule has 6 aromatic rings. The topological polar surface area (TPSA) is 182 Å². The van der Waals surface area contributed by atoms with Gasteiger partial charge in [-0.05, 0) is 104 Å². The zero-order valence-corrected chi connectivity index (χ0v) is 42.0. The van der Waals surface area contributed by atoms with E-state index in [4.69, 9.17) is 26.4 Å². The number of carboxylic acid groups (broad SMARTS) is 1. The van der Waals surface area contributed by atoms with E-state index in [9.17, 15) is 29.1 Å². The second-order valence-electron chi connectivity index (χ2n) is 18.4. The highest BCUT2D eigenvalue weighted by Crippen LogP contribution is 2.46. The van der Waals surface area contributed by atoms with E-state index < -0.39 is 12.0 Å². The van der Waals surface area contributed by atoms with E-state index in [1.54, 1.807) is 0 Å². The molecule has 9 rings (SSSR count). The van der Waals surface area contributed by atoms with E-state index in [1.807, 2.05) is 72.6 Å². The molecule has 0 aliphatic carbocycles. The number of carbonyl (C=O) groups excluding carboxylic acids is 4. The largest absolute Gasteiger partial charge is 0.483 e. The first-order valence-electron chi connectivity index (χ1n) is 23.4. The van der Waals surface area contributed by atoms with E-state index in [0.717, 1.165) is 120 Å². The Labute approximate surface area is 420 Å². The van der Waals surface area contributed by atoms with Gasteiger partial charge >= 0.3 is 5.97 Å². The third-order valence-corrected chi connectivity index (χ3v) is 16.7. The summed E-state index contributed by atoms with van der Waals surface area (Å²) in [6.07, 6.45) is 7.84. The summed E-state index contributed by atoms with van der Waals surface area (Å²) in [6.45, 7) is 6.87. The molecule has 2 unspecified atom stereocenters. The van der Waals surface area contributed by atoms with Crippen LogP contribution in [0.2, 0.25) is 5.02 Å². The zero-order chi connectivity index (χ0) is 49.7. The lowest BCUT2D eigenvalue weighted by atomic mass is 9.85. The minimum Gasteiger partial charge on any atom is -0.483 e. The molecule has 0 spiro atoms. The zero-order valence-electron chi connectivity index (χ0n) is 39.6. The first kappa shape index (κ1) is 50.4. The van der Waals surface area contributed by atoms with Crippen LogP contribution < -0.4 is 25.2 Å². The molecule has 17 heteroatoms. The number of aromatic carboxylic acids is 1. The fraction of sp³-hybridized carbons (Fsp3) is 0.358. The van der Waals surface area contributed by atoms with Crippen molar-refractivity contribution < 1.29 is 38.9 Å². The number of pyridine rings is 1. The van der Waals surface area contributed by atoms with Crippen LogP contribution in [0, 0.1) is 0 Å². The van der Waals surface area contributed by atoms with Gasteiger partial charge in [0.05, 0.1) is 4.88 Å². The molecule has 5 heterocycles. The van der Waals surface area contributed by atoms with Gasteiger partial charge in [-0.1, -0.05) is 78.1 Å². The Morgan fingerprint density at radius 3 is 2.51 bits per heavy atom. The molecule has 0 saturated carbocycles. The predicted octanol–water partition coefficient (Wildman–Crippen LogP) is 9.60. The summed E-state index contributed by atoms with van der Waals surface area (Å²) in [6, 6.07) is 26.4. The Kier molecular flexibility index (Phi) is 15.8. The van der Waals surface area contributed by atoms with Crippen LogP contribution in [0.4, 0.5) is 17.2 Å². The number of piperidine rings is 3. The van der Waals surface area contributed by atoms with Crippen LogP contribution >= 0.6 is 34.9 Å². The van der Waals surface area contributed by atoms with Crippen molar-refractivity contribution in [2.45, 2.75) is 81.7 Å². The van der Waals surface area contributed by atoms with Gasteiger partial charge in [0.25, 0.3) is 0 Å². The fourth-order valence-corrected chi connectivity index (χ4v) is 12.7. The molecule has 2 aromatic heterocycles. The minimum absolute atomic E-state index is 0.0146. The number of hydrogen-bond acceptors (Lipinski definition) is 14. The first-order chi connectivity index (χ1) is 33.8. The number of thiophene rings is 1. The Morgan fingerprint density at radius 2 is 1.79 bits per heavy atom. The number of nitrogens with zero attached hydrogens (tertiary/aromatic N) is 4. The normalized spacial score (nSPS) is 18.5. The summed E-state index contributed by atoms with van der Waals surface area (Å²) in [7, 11) is 2.86. The lowest BCUT2D eigenvalue weighted by molar-refractivity contribution is -0.134. The number of benzene rings is 4. The Balaban J connectivity index is 0.00000325. The SMILES string of the molecule is CN(c1ccc(C2CCN(c3cc4cc(CSN5CCC(Nc6cccc(-c7sc(C(=O)O)c(OCC=O)c7Cl)c6)CC5(C)C)ccc4cn3)CC2)c2cccc(C=O)c12)C1CCC(=O)NC1=O.CO. The minimum atomic E-state index is -1.16. The molecule has 2 amide bonds. The van der Waals surface area contributed by atoms with Crippen LogP contribution in [0.5, 0.6) is 5.75 Å². The number of imide groups is 1. The van der Waals surface area contributed by atoms with Crippen LogP contribution in [0.15, 0.2) is 85.1 Å². The van der Waals surface area contributed by atoms with Crippen molar-refractivity contribution in [1.29, 1.82) is 0 Å². The summed E-state index contributed by atoms with van der Waals surface area (Å²) < 4.78 is 7.89. The van der Waals surface area contributed by atoms with E-state index in [0.29, 0.717) is 23.1 Å². The number of aliphatic hydroxyl groups excluding tert-OH is 1. The highest BCUT2D eigenvalue weighted by molar-refractivity contribution is 7.96. The second kappa shape index (κ2) is 21.9. The van der Waals surface area contributed by atoms with Gasteiger partial charge in [-0.2, -0.15) is 0 Å². The lowest BCUT2D eigenvalue weighted by Crippen LogP contribution is -2.51. The van der Waals surface area contributed by atoms with Crippen LogP contribution in [0.1, 0.15) is 89.4 Å². The average Bonchev–Trinajstić information content (AvgIpc) is 3.70. The predicted molar refractivity (Wildman–Crippen MR) is 280 cm³/mol. The van der Waals surface area contributed by atoms with Crippen molar-refractivity contribution in [3.8, 4) is 16.2 Å². The van der Waals surface area contributed by atoms with E-state index in [1.165, 1.54) is 11.1 Å². The standard InChI is InChI=1S/C52H53ClN6O7S2.CH4O/c1-52(2)27-38(55-37-8-4-6-33(25-37)48-46(53)47(66-23-22-60)49(68-48)51(64)65)18-21-59(52)67-30-31-10-11-34-28-54-43(26-36(34)24-31)58-19-16-32(17-20-58)39-12-13-41(45-35(29-61)7-5-9-40(39)45)57(3)42-14-15-44(62)56-50(42)63;1-2/h4-13,22,24-26,28-29,32,38,42,55H,14-21,23,27,30H2,1-3H3,(H,64,65)(H,56,62,63);2H,1H3. The van der Waals surface area contributed by atoms with Gasteiger partial charge in [-0.3, -0.25) is 24.5 Å². The quantitative estimate of drug-likeness (QED) is 0.0434. The summed E-state index contributed by atoms with van der Waals surface area (Å²) in [4.78, 5) is 69.6. The maximum Gasteiger partial charge on any atom is 0.349 e. The summed E-state index contributed by atoms with van der Waals surface area (Å²) in [5.41, 5.74) is 5.43. The number of aliphatic hydroxyl groups is 1. The number of aldehydes is 2. The molecule has 3 saturated heterocycles. The van der Waals surface area contributed by atoms with Gasteiger partial charge in [-0.25, -0.2) is 14.1 Å². The average molecular weight is 1010 g/mol. The van der Waals surface area contributed by atoms with Crippen LogP contribution in [0.3, 0.4) is 0 Å². The first-order valence-corrected chi connectivity index (χ1v) is 25.5. The fourth-order valence-electron chi connectivity index (χ4n) is 10.1. The molecule has 70 heavy (non-hydrogen) atoms. The number of rotatable bonds is 15. The van der Waals surface area contributed by atoms with Crippen molar-refractivity contribution in [3.63, 3.8) is 0 Å². The molecule has 366 valence electrons. The number of hydrogen-bond donors (Lipinski definition) is 4. The molecule has 14 nitrogen and oxygen atoms in total. The third kappa shape index (κ3) is 10.7. The summed E-state index contributed by atoms with van der Waals surface area (Å²) in [5.74, 6) is 0.367. The molecule has 3 aliphatic rings.